The number of rotatable bonds is 7. The van der Waals surface area contributed by atoms with Crippen LogP contribution in [-0.2, 0) is 12.8 Å². The number of carbonyl (C=O) groups is 2. The largest absolute Gasteiger partial charge is 0.460 e. The molecule has 0 aliphatic rings. The lowest BCUT2D eigenvalue weighted by molar-refractivity contribution is -0.384. The van der Waals surface area contributed by atoms with Crippen LogP contribution in [0.25, 0.3) is 21.9 Å². The number of hydrogen-bond acceptors (Lipinski definition) is 7. The third-order valence-electron chi connectivity index (χ3n) is 7.08. The van der Waals surface area contributed by atoms with Crippen molar-refractivity contribution in [2.45, 2.75) is 26.7 Å². The second kappa shape index (κ2) is 12.8. The van der Waals surface area contributed by atoms with E-state index in [0.717, 1.165) is 5.39 Å². The number of furan rings is 2. The maximum absolute atomic E-state index is 12.9. The molecule has 8 nitrogen and oxygen atoms in total. The summed E-state index contributed by atoms with van der Waals surface area (Å²) in [7, 11) is 0. The van der Waals surface area contributed by atoms with Gasteiger partial charge in [0.1, 0.15) is 22.7 Å². The summed E-state index contributed by atoms with van der Waals surface area (Å²) < 4.78 is 11.5. The zero-order chi connectivity index (χ0) is 31.5. The van der Waals surface area contributed by atoms with Crippen molar-refractivity contribution in [3.63, 3.8) is 0 Å². The van der Waals surface area contributed by atoms with Gasteiger partial charge in [-0.3, -0.25) is 19.7 Å². The first-order valence-electron chi connectivity index (χ1n) is 13.7. The minimum absolute atomic E-state index is 0.0523. The molecule has 222 valence electrons. The Morgan fingerprint density at radius 1 is 0.727 bits per heavy atom. The van der Waals surface area contributed by atoms with Gasteiger partial charge in [-0.25, -0.2) is 0 Å². The third-order valence-corrected chi connectivity index (χ3v) is 7.70. The van der Waals surface area contributed by atoms with Crippen LogP contribution in [0.3, 0.4) is 0 Å². The Labute approximate surface area is 262 Å². The maximum Gasteiger partial charge on any atom is 0.270 e. The molecule has 0 saturated heterocycles. The first-order chi connectivity index (χ1) is 21.1. The molecular weight excluding hydrogens is 603 g/mol. The van der Waals surface area contributed by atoms with Gasteiger partial charge in [0.15, 0.2) is 11.6 Å². The van der Waals surface area contributed by atoms with Crippen molar-refractivity contribution in [1.82, 2.24) is 0 Å². The average molecular weight is 629 g/mol. The molecule has 0 saturated carbocycles. The number of nitrogens with two attached hydrogens (primary N) is 1. The van der Waals surface area contributed by atoms with Crippen LogP contribution >= 0.6 is 23.2 Å². The molecule has 0 aliphatic carbocycles. The van der Waals surface area contributed by atoms with E-state index < -0.39 is 4.92 Å². The number of anilines is 1. The normalized spacial score (nSPS) is 10.9. The predicted molar refractivity (Wildman–Crippen MR) is 172 cm³/mol. The molecule has 44 heavy (non-hydrogen) atoms. The lowest BCUT2D eigenvalue weighted by atomic mass is 9.99. The highest BCUT2D eigenvalue weighted by atomic mass is 35.5. The fourth-order valence-corrected chi connectivity index (χ4v) is 5.51. The molecule has 0 spiro atoms. The Hall–Kier alpha value is -4.92. The molecule has 0 unspecified atom stereocenters. The SMILES string of the molecule is CCc1oc2ccccc2c1C(=O)c1ccc(N)cc1Cl.CCc1oc2ccccc2c1C(=O)c1ccc([N+](=O)[O-])cc1Cl. The minimum Gasteiger partial charge on any atom is -0.460 e. The Morgan fingerprint density at radius 2 is 1.18 bits per heavy atom. The van der Waals surface area contributed by atoms with Crippen LogP contribution in [0.1, 0.15) is 57.2 Å². The summed E-state index contributed by atoms with van der Waals surface area (Å²) in [5.41, 5.74) is 9.10. The van der Waals surface area contributed by atoms with Crippen molar-refractivity contribution < 1.29 is 23.3 Å². The number of nitro benzene ring substituents is 1. The smallest absolute Gasteiger partial charge is 0.270 e. The number of fused-ring (bicyclic) bond motifs is 2. The fraction of sp³-hybridized carbons (Fsp3) is 0.118. The molecular formula is C34H26Cl2N2O6. The van der Waals surface area contributed by atoms with Gasteiger partial charge in [0.05, 0.1) is 26.1 Å². The number of carbonyl (C=O) groups excluding carboxylic acids is 2. The van der Waals surface area contributed by atoms with E-state index in [1.54, 1.807) is 24.3 Å². The van der Waals surface area contributed by atoms with Gasteiger partial charge < -0.3 is 14.6 Å². The minimum atomic E-state index is -0.551. The number of nitrogen functional groups attached to an aromatic ring is 1. The zero-order valence-corrected chi connectivity index (χ0v) is 25.2. The number of halogens is 2. The van der Waals surface area contributed by atoms with E-state index >= 15 is 0 Å². The quantitative estimate of drug-likeness (QED) is 0.0806. The van der Waals surface area contributed by atoms with E-state index in [-0.39, 0.29) is 27.8 Å². The maximum atomic E-state index is 12.9. The highest BCUT2D eigenvalue weighted by molar-refractivity contribution is 6.36. The van der Waals surface area contributed by atoms with Crippen LogP contribution < -0.4 is 5.73 Å². The summed E-state index contributed by atoms with van der Waals surface area (Å²) in [4.78, 5) is 36.0. The van der Waals surface area contributed by atoms with Crippen LogP contribution in [0.4, 0.5) is 11.4 Å². The summed E-state index contributed by atoms with van der Waals surface area (Å²) in [5, 5.41) is 12.7. The van der Waals surface area contributed by atoms with Crippen molar-refractivity contribution >= 4 is 68.1 Å². The molecule has 0 atom stereocenters. The van der Waals surface area contributed by atoms with Crippen LogP contribution in [0.2, 0.25) is 10.0 Å². The number of para-hydroxylation sites is 2. The lowest BCUT2D eigenvalue weighted by Crippen LogP contribution is -2.04. The average Bonchev–Trinajstić information content (AvgIpc) is 3.59. The molecule has 10 heteroatoms. The van der Waals surface area contributed by atoms with E-state index in [1.165, 1.54) is 18.2 Å². The summed E-state index contributed by atoms with van der Waals surface area (Å²) in [6.45, 7) is 3.85. The van der Waals surface area contributed by atoms with Crippen LogP contribution in [0.5, 0.6) is 0 Å². The van der Waals surface area contributed by atoms with Crippen molar-refractivity contribution in [2.24, 2.45) is 0 Å². The fourth-order valence-electron chi connectivity index (χ4n) is 4.97. The van der Waals surface area contributed by atoms with Crippen LogP contribution in [0.15, 0.2) is 93.8 Å². The topological polar surface area (TPSA) is 130 Å². The number of aryl methyl sites for hydroxylation is 2. The molecule has 0 amide bonds. The Kier molecular flexibility index (Phi) is 8.85. The summed E-state index contributed by atoms with van der Waals surface area (Å²) >= 11 is 12.2. The van der Waals surface area contributed by atoms with Gasteiger partial charge in [0.2, 0.25) is 0 Å². The Balaban J connectivity index is 0.000000175. The van der Waals surface area contributed by atoms with Crippen molar-refractivity contribution in [3.8, 4) is 0 Å². The van der Waals surface area contributed by atoms with E-state index in [1.807, 2.05) is 56.3 Å². The van der Waals surface area contributed by atoms with E-state index in [4.69, 9.17) is 37.8 Å². The van der Waals surface area contributed by atoms with Crippen LogP contribution in [-0.4, -0.2) is 16.5 Å². The first-order valence-corrected chi connectivity index (χ1v) is 14.5. The molecule has 0 bridgehead atoms. The predicted octanol–water partition coefficient (Wildman–Crippen LogP) is 9.25. The third kappa shape index (κ3) is 5.82. The van der Waals surface area contributed by atoms with Gasteiger partial charge >= 0.3 is 0 Å². The van der Waals surface area contributed by atoms with Crippen molar-refractivity contribution in [3.05, 3.63) is 139 Å². The van der Waals surface area contributed by atoms with Gasteiger partial charge in [-0.15, -0.1) is 0 Å². The molecule has 6 rings (SSSR count). The van der Waals surface area contributed by atoms with E-state index in [0.29, 0.717) is 68.3 Å². The molecule has 6 aromatic rings. The number of nitrogens with zero attached hydrogens (tertiary/aromatic N) is 1. The second-order valence-electron chi connectivity index (χ2n) is 9.82. The standard InChI is InChI=1S/C17H12ClNO4.C17H14ClNO2/c1-2-14-16(12-5-3-4-6-15(12)23-14)17(20)11-8-7-10(19(21)22)9-13(11)18;1-2-14-16(12-5-3-4-6-15(12)21-14)17(20)11-8-7-10(19)9-13(11)18/h3-9H,2H2,1H3;3-9H,2,19H2,1H3. The number of hydrogen-bond donors (Lipinski definition) is 1. The number of ketones is 2. The van der Waals surface area contributed by atoms with Gasteiger partial charge in [0.25, 0.3) is 5.69 Å². The first kappa shape index (κ1) is 30.5. The Bertz CT molecular complexity index is 2060. The summed E-state index contributed by atoms with van der Waals surface area (Å²) in [5.74, 6) is 0.813. The molecule has 0 fully saturated rings. The molecule has 0 aliphatic heterocycles. The molecule has 2 aromatic heterocycles. The van der Waals surface area contributed by atoms with E-state index in [2.05, 4.69) is 0 Å². The lowest BCUT2D eigenvalue weighted by Gasteiger charge is -2.05. The molecule has 0 radical (unpaired) electrons. The second-order valence-corrected chi connectivity index (χ2v) is 10.6. The highest BCUT2D eigenvalue weighted by Crippen LogP contribution is 2.33. The zero-order valence-electron chi connectivity index (χ0n) is 23.7. The van der Waals surface area contributed by atoms with Gasteiger partial charge in [-0.05, 0) is 36.4 Å². The van der Waals surface area contributed by atoms with E-state index in [9.17, 15) is 19.7 Å². The highest BCUT2D eigenvalue weighted by Gasteiger charge is 2.24. The van der Waals surface area contributed by atoms with Crippen LogP contribution in [0, 0.1) is 10.1 Å². The summed E-state index contributed by atoms with van der Waals surface area (Å²) in [6.07, 6.45) is 1.20. The number of benzene rings is 4. The number of nitro groups is 1. The monoisotopic (exact) mass is 628 g/mol. The molecule has 2 N–H and O–H groups in total. The molecule has 4 aromatic carbocycles. The van der Waals surface area contributed by atoms with Gasteiger partial charge in [-0.2, -0.15) is 0 Å². The number of non-ortho nitro benzene ring substituents is 1. The Morgan fingerprint density at radius 3 is 1.61 bits per heavy atom. The molecule has 2 heterocycles. The van der Waals surface area contributed by atoms with Gasteiger partial charge in [-0.1, -0.05) is 73.4 Å². The van der Waals surface area contributed by atoms with Crippen molar-refractivity contribution in [2.75, 3.05) is 5.73 Å². The summed E-state index contributed by atoms with van der Waals surface area (Å²) in [6, 6.07) is 23.5. The van der Waals surface area contributed by atoms with Gasteiger partial charge in [0, 0.05) is 52.6 Å². The van der Waals surface area contributed by atoms with Crippen molar-refractivity contribution in [1.29, 1.82) is 0 Å².